The molecule has 0 aliphatic heterocycles. The van der Waals surface area contributed by atoms with Gasteiger partial charge in [-0.25, -0.2) is 4.79 Å². The van der Waals surface area contributed by atoms with Crippen LogP contribution in [0.15, 0.2) is 28.5 Å². The van der Waals surface area contributed by atoms with Crippen LogP contribution in [0.5, 0.6) is 0 Å². The van der Waals surface area contributed by atoms with E-state index >= 15 is 0 Å². The van der Waals surface area contributed by atoms with Crippen molar-refractivity contribution in [1.82, 2.24) is 0 Å². The van der Waals surface area contributed by atoms with Gasteiger partial charge in [0.05, 0.1) is 5.41 Å². The molecule has 0 N–H and O–H groups in total. The number of rotatable bonds is 2. The number of oxime groups is 1. The lowest BCUT2D eigenvalue weighted by Crippen LogP contribution is -2.22. The maximum atomic E-state index is 11.8. The van der Waals surface area contributed by atoms with Crippen molar-refractivity contribution in [2.75, 3.05) is 0 Å². The molecular formula is C15H21NO3. The van der Waals surface area contributed by atoms with Crippen LogP contribution >= 0.6 is 0 Å². The van der Waals surface area contributed by atoms with E-state index in [0.29, 0.717) is 16.9 Å². The Labute approximate surface area is 114 Å². The molecule has 1 aliphatic carbocycles. The topological polar surface area (TPSA) is 55.7 Å². The fraction of sp³-hybridized carbons (Fsp3) is 0.533. The third kappa shape index (κ3) is 3.88. The van der Waals surface area contributed by atoms with E-state index in [1.807, 2.05) is 13.8 Å². The number of hydrogen-bond donors (Lipinski definition) is 0. The Morgan fingerprint density at radius 3 is 2.32 bits per heavy atom. The second kappa shape index (κ2) is 5.51. The summed E-state index contributed by atoms with van der Waals surface area (Å²) >= 11 is 0. The van der Waals surface area contributed by atoms with Gasteiger partial charge in [0.25, 0.3) is 0 Å². The molecule has 0 atom stereocenters. The Balaban J connectivity index is 2.96. The molecule has 1 aliphatic rings. The summed E-state index contributed by atoms with van der Waals surface area (Å²) in [6.07, 6.45) is 3.22. The monoisotopic (exact) mass is 263 g/mol. The largest absolute Gasteiger partial charge is 0.340 e. The summed E-state index contributed by atoms with van der Waals surface area (Å²) in [5.41, 5.74) is 1.31. The average molecular weight is 263 g/mol. The third-order valence-electron chi connectivity index (χ3n) is 2.79. The molecule has 0 fully saturated rings. The van der Waals surface area contributed by atoms with Crippen LogP contribution in [0.2, 0.25) is 0 Å². The van der Waals surface area contributed by atoms with E-state index in [2.05, 4.69) is 5.16 Å². The lowest BCUT2D eigenvalue weighted by molar-refractivity contribution is -0.152. The van der Waals surface area contributed by atoms with Crippen molar-refractivity contribution in [3.63, 3.8) is 0 Å². The van der Waals surface area contributed by atoms with Gasteiger partial charge in [-0.15, -0.1) is 0 Å². The van der Waals surface area contributed by atoms with Gasteiger partial charge in [0.1, 0.15) is 5.71 Å². The first-order chi connectivity index (χ1) is 8.62. The summed E-state index contributed by atoms with van der Waals surface area (Å²) in [5, 5.41) is 3.87. The highest BCUT2D eigenvalue weighted by Gasteiger charge is 2.24. The van der Waals surface area contributed by atoms with Gasteiger partial charge < -0.3 is 4.84 Å². The summed E-state index contributed by atoms with van der Waals surface area (Å²) < 4.78 is 0. The first kappa shape index (κ1) is 15.3. The van der Waals surface area contributed by atoms with Crippen LogP contribution < -0.4 is 0 Å². The standard InChI is InChI=1S/C15H21NO3/c1-9(2)11-8-12(10(3)7-13(11)17)16-19-14(18)15(4,5)6/h7-9H,1-6H3/b16-12-. The van der Waals surface area contributed by atoms with E-state index in [4.69, 9.17) is 4.84 Å². The lowest BCUT2D eigenvalue weighted by Gasteiger charge is -2.16. The van der Waals surface area contributed by atoms with E-state index in [1.54, 1.807) is 33.8 Å². The normalized spacial score (nSPS) is 18.5. The van der Waals surface area contributed by atoms with Gasteiger partial charge in [-0.1, -0.05) is 19.0 Å². The Morgan fingerprint density at radius 2 is 1.84 bits per heavy atom. The molecule has 19 heavy (non-hydrogen) atoms. The van der Waals surface area contributed by atoms with Crippen molar-refractivity contribution in [3.05, 3.63) is 23.3 Å². The van der Waals surface area contributed by atoms with E-state index in [1.165, 1.54) is 6.08 Å². The first-order valence-electron chi connectivity index (χ1n) is 6.37. The zero-order valence-corrected chi connectivity index (χ0v) is 12.4. The number of hydrogen-bond acceptors (Lipinski definition) is 4. The van der Waals surface area contributed by atoms with Crippen LogP contribution in [0.4, 0.5) is 0 Å². The smallest absolute Gasteiger partial charge is 0.317 e. The molecule has 0 bridgehead atoms. The lowest BCUT2D eigenvalue weighted by atomic mass is 9.90. The molecule has 0 amide bonds. The van der Waals surface area contributed by atoms with Gasteiger partial charge >= 0.3 is 5.97 Å². The third-order valence-corrected chi connectivity index (χ3v) is 2.79. The fourth-order valence-electron chi connectivity index (χ4n) is 1.46. The van der Waals surface area contributed by atoms with E-state index in [0.717, 1.165) is 0 Å². The highest BCUT2D eigenvalue weighted by molar-refractivity contribution is 6.21. The molecule has 0 heterocycles. The van der Waals surface area contributed by atoms with Crippen LogP contribution in [0.1, 0.15) is 41.5 Å². The molecule has 0 saturated carbocycles. The van der Waals surface area contributed by atoms with Gasteiger partial charge in [0.2, 0.25) is 0 Å². The zero-order chi connectivity index (χ0) is 14.8. The summed E-state index contributed by atoms with van der Waals surface area (Å²) in [7, 11) is 0. The molecule has 4 nitrogen and oxygen atoms in total. The first-order valence-corrected chi connectivity index (χ1v) is 6.37. The predicted octanol–water partition coefficient (Wildman–Crippen LogP) is 3.04. The molecule has 1 rings (SSSR count). The summed E-state index contributed by atoms with van der Waals surface area (Å²) in [6, 6.07) is 0. The van der Waals surface area contributed by atoms with Crippen molar-refractivity contribution in [2.24, 2.45) is 16.5 Å². The SMILES string of the molecule is CC1=CC(=O)C(C(C)C)=C/C1=N/OC(=O)C(C)(C)C. The van der Waals surface area contributed by atoms with Crippen molar-refractivity contribution >= 4 is 17.5 Å². The second-order valence-corrected chi connectivity index (χ2v) is 6.05. The Morgan fingerprint density at radius 1 is 1.26 bits per heavy atom. The van der Waals surface area contributed by atoms with E-state index in [-0.39, 0.29) is 11.7 Å². The van der Waals surface area contributed by atoms with Crippen LogP contribution in [-0.2, 0) is 14.4 Å². The minimum atomic E-state index is -0.600. The van der Waals surface area contributed by atoms with Crippen LogP contribution in [-0.4, -0.2) is 17.5 Å². The van der Waals surface area contributed by atoms with Gasteiger partial charge in [-0.2, -0.15) is 0 Å². The van der Waals surface area contributed by atoms with Gasteiger partial charge in [0, 0.05) is 5.57 Å². The number of ketones is 1. The summed E-state index contributed by atoms with van der Waals surface area (Å²) in [4.78, 5) is 28.4. The number of carbonyl (C=O) groups is 2. The molecule has 4 heteroatoms. The number of allylic oxidation sites excluding steroid dienone is 4. The average Bonchev–Trinajstić information content (AvgIpc) is 2.25. The number of carbonyl (C=O) groups excluding carboxylic acids is 2. The molecule has 0 radical (unpaired) electrons. The molecule has 0 aromatic rings. The summed E-state index contributed by atoms with van der Waals surface area (Å²) in [6.45, 7) is 10.9. The van der Waals surface area contributed by atoms with Gasteiger partial charge in [-0.05, 0) is 51.3 Å². The Kier molecular flexibility index (Phi) is 4.45. The zero-order valence-electron chi connectivity index (χ0n) is 12.4. The molecule has 0 spiro atoms. The molecule has 0 aromatic heterocycles. The quantitative estimate of drug-likeness (QED) is 0.437. The number of nitrogens with zero attached hydrogens (tertiary/aromatic N) is 1. The molecule has 0 unspecified atom stereocenters. The summed E-state index contributed by atoms with van der Waals surface area (Å²) in [5.74, 6) is -0.293. The maximum absolute atomic E-state index is 11.8. The highest BCUT2D eigenvalue weighted by Crippen LogP contribution is 2.20. The Hall–Kier alpha value is -1.71. The minimum absolute atomic E-state index is 0.00593. The predicted molar refractivity (Wildman–Crippen MR) is 74.7 cm³/mol. The van der Waals surface area contributed by atoms with Crippen LogP contribution in [0.3, 0.4) is 0 Å². The molecule has 0 aromatic carbocycles. The molecule has 104 valence electrons. The van der Waals surface area contributed by atoms with Crippen LogP contribution in [0.25, 0.3) is 0 Å². The van der Waals surface area contributed by atoms with Gasteiger partial charge in [-0.3, -0.25) is 4.79 Å². The second-order valence-electron chi connectivity index (χ2n) is 6.05. The van der Waals surface area contributed by atoms with Crippen molar-refractivity contribution in [3.8, 4) is 0 Å². The molecule has 0 saturated heterocycles. The van der Waals surface area contributed by atoms with E-state index in [9.17, 15) is 9.59 Å². The maximum Gasteiger partial charge on any atom is 0.340 e. The fourth-order valence-corrected chi connectivity index (χ4v) is 1.46. The van der Waals surface area contributed by atoms with E-state index < -0.39 is 11.4 Å². The van der Waals surface area contributed by atoms with Crippen molar-refractivity contribution in [2.45, 2.75) is 41.5 Å². The van der Waals surface area contributed by atoms with Crippen molar-refractivity contribution < 1.29 is 14.4 Å². The molecular weight excluding hydrogens is 242 g/mol. The Bertz CT molecular complexity index is 488. The highest BCUT2D eigenvalue weighted by atomic mass is 16.7. The van der Waals surface area contributed by atoms with Crippen molar-refractivity contribution in [1.29, 1.82) is 0 Å². The van der Waals surface area contributed by atoms with Gasteiger partial charge in [0.15, 0.2) is 5.78 Å². The minimum Gasteiger partial charge on any atom is -0.317 e. The van der Waals surface area contributed by atoms with Crippen LogP contribution in [0, 0.1) is 11.3 Å².